The van der Waals surface area contributed by atoms with Crippen LogP contribution in [0, 0.1) is 5.92 Å². The van der Waals surface area contributed by atoms with Crippen LogP contribution in [-0.4, -0.2) is 24.4 Å². The molecular weight excluding hydrogens is 377 g/mol. The van der Waals surface area contributed by atoms with Gasteiger partial charge in [-0.2, -0.15) is 0 Å². The summed E-state index contributed by atoms with van der Waals surface area (Å²) in [5.41, 5.74) is 0.808. The minimum Gasteiger partial charge on any atom is -0.462 e. The molecule has 0 saturated carbocycles. The highest BCUT2D eigenvalue weighted by Gasteiger charge is 2.38. The molecule has 26 heavy (non-hydrogen) atoms. The maximum Gasteiger partial charge on any atom is 0.338 e. The number of carbonyl (C=O) groups is 3. The van der Waals surface area contributed by atoms with Gasteiger partial charge in [-0.25, -0.2) is 9.69 Å². The van der Waals surface area contributed by atoms with Gasteiger partial charge in [0.25, 0.3) is 11.8 Å². The van der Waals surface area contributed by atoms with Gasteiger partial charge in [0.2, 0.25) is 0 Å². The van der Waals surface area contributed by atoms with E-state index in [0.29, 0.717) is 5.02 Å². The van der Waals surface area contributed by atoms with Crippen molar-refractivity contribution in [3.05, 3.63) is 63.1 Å². The van der Waals surface area contributed by atoms with Gasteiger partial charge in [-0.3, -0.25) is 9.59 Å². The number of fused-ring (bicyclic) bond motifs is 1. The molecule has 2 aromatic carbocycles. The number of rotatable bonds is 4. The maximum atomic E-state index is 12.7. The van der Waals surface area contributed by atoms with Crippen LogP contribution in [0.2, 0.25) is 10.0 Å². The molecule has 1 aliphatic heterocycles. The second-order valence-corrected chi connectivity index (χ2v) is 7.14. The highest BCUT2D eigenvalue weighted by atomic mass is 35.5. The lowest BCUT2D eigenvalue weighted by molar-refractivity contribution is 0.0458. The monoisotopic (exact) mass is 391 g/mol. The molecule has 2 amide bonds. The highest BCUT2D eigenvalue weighted by molar-refractivity contribution is 6.41. The van der Waals surface area contributed by atoms with E-state index in [9.17, 15) is 14.4 Å². The van der Waals surface area contributed by atoms with Gasteiger partial charge in [0.15, 0.2) is 0 Å². The molecule has 1 heterocycles. The number of ether oxygens (including phenoxy) is 1. The number of esters is 1. The van der Waals surface area contributed by atoms with E-state index in [1.165, 1.54) is 30.3 Å². The first kappa shape index (κ1) is 18.4. The van der Waals surface area contributed by atoms with E-state index < -0.39 is 17.8 Å². The summed E-state index contributed by atoms with van der Waals surface area (Å²) in [7, 11) is 0. The van der Waals surface area contributed by atoms with Crippen LogP contribution >= 0.6 is 23.2 Å². The minimum absolute atomic E-state index is 0.139. The lowest BCUT2D eigenvalue weighted by Gasteiger charge is -2.15. The third-order valence-corrected chi connectivity index (χ3v) is 4.36. The molecule has 0 aromatic heterocycles. The third-order valence-electron chi connectivity index (χ3n) is 3.82. The van der Waals surface area contributed by atoms with Crippen LogP contribution in [0.3, 0.4) is 0 Å². The van der Waals surface area contributed by atoms with Crippen LogP contribution < -0.4 is 4.90 Å². The van der Waals surface area contributed by atoms with Crippen LogP contribution in [0.5, 0.6) is 0 Å². The smallest absolute Gasteiger partial charge is 0.338 e. The van der Waals surface area contributed by atoms with Crippen molar-refractivity contribution in [3.63, 3.8) is 0 Å². The molecule has 0 spiro atoms. The second-order valence-electron chi connectivity index (χ2n) is 6.29. The lowest BCUT2D eigenvalue weighted by Crippen LogP contribution is -2.29. The Morgan fingerprint density at radius 3 is 2.38 bits per heavy atom. The van der Waals surface area contributed by atoms with E-state index in [-0.39, 0.29) is 39.9 Å². The number of halogens is 2. The van der Waals surface area contributed by atoms with Crippen LogP contribution in [-0.2, 0) is 4.74 Å². The first-order chi connectivity index (χ1) is 12.3. The normalized spacial score (nSPS) is 13.3. The molecule has 0 saturated heterocycles. The number of nitrogens with zero attached hydrogens (tertiary/aromatic N) is 1. The van der Waals surface area contributed by atoms with E-state index >= 15 is 0 Å². The summed E-state index contributed by atoms with van der Waals surface area (Å²) >= 11 is 12.0. The SMILES string of the molecule is CC(C)COC(=O)c1ccc2c(c1)C(=O)N(c1ccc(Cl)cc1Cl)C2=O. The Labute approximate surface area is 160 Å². The van der Waals surface area contributed by atoms with Crippen LogP contribution in [0.1, 0.15) is 44.9 Å². The number of hydrogen-bond donors (Lipinski definition) is 0. The molecule has 2 aromatic rings. The van der Waals surface area contributed by atoms with Crippen LogP contribution in [0.25, 0.3) is 0 Å². The van der Waals surface area contributed by atoms with Gasteiger partial charge in [0, 0.05) is 5.02 Å². The average molecular weight is 392 g/mol. The summed E-state index contributed by atoms with van der Waals surface area (Å²) in [6.45, 7) is 4.12. The number of carbonyl (C=O) groups excluding carboxylic acids is 3. The Balaban J connectivity index is 1.94. The van der Waals surface area contributed by atoms with Gasteiger partial charge in [-0.05, 0) is 42.3 Å². The first-order valence-corrected chi connectivity index (χ1v) is 8.70. The zero-order valence-electron chi connectivity index (χ0n) is 14.1. The molecule has 134 valence electrons. The molecule has 3 rings (SSSR count). The van der Waals surface area contributed by atoms with Crippen molar-refractivity contribution in [2.24, 2.45) is 5.92 Å². The van der Waals surface area contributed by atoms with Gasteiger partial charge < -0.3 is 4.74 Å². The fourth-order valence-electron chi connectivity index (χ4n) is 2.57. The molecule has 0 aliphatic carbocycles. The number of amides is 2. The number of imide groups is 1. The van der Waals surface area contributed by atoms with Crippen molar-refractivity contribution >= 4 is 46.7 Å². The summed E-state index contributed by atoms with van der Waals surface area (Å²) in [5, 5.41) is 0.578. The van der Waals surface area contributed by atoms with E-state index in [4.69, 9.17) is 27.9 Å². The van der Waals surface area contributed by atoms with Crippen LogP contribution in [0.15, 0.2) is 36.4 Å². The first-order valence-electron chi connectivity index (χ1n) is 7.94. The van der Waals surface area contributed by atoms with Gasteiger partial charge in [-0.1, -0.05) is 37.0 Å². The standard InChI is InChI=1S/C19H15Cl2NO4/c1-10(2)9-26-19(25)11-3-5-13-14(7-11)18(24)22(17(13)23)16-6-4-12(20)8-15(16)21/h3-8,10H,9H2,1-2H3. The number of anilines is 1. The minimum atomic E-state index is -0.548. The Morgan fingerprint density at radius 2 is 1.73 bits per heavy atom. The van der Waals surface area contributed by atoms with E-state index in [2.05, 4.69) is 0 Å². The molecule has 0 radical (unpaired) electrons. The van der Waals surface area contributed by atoms with Gasteiger partial charge >= 0.3 is 5.97 Å². The molecule has 7 heteroatoms. The molecule has 0 N–H and O–H groups in total. The highest BCUT2D eigenvalue weighted by Crippen LogP contribution is 2.35. The predicted molar refractivity (Wildman–Crippen MR) is 99.2 cm³/mol. The maximum absolute atomic E-state index is 12.7. The quantitative estimate of drug-likeness (QED) is 0.563. The summed E-state index contributed by atoms with van der Waals surface area (Å²) in [5.74, 6) is -1.40. The number of hydrogen-bond acceptors (Lipinski definition) is 4. The summed E-state index contributed by atoms with van der Waals surface area (Å²) in [4.78, 5) is 38.5. The van der Waals surface area contributed by atoms with Crippen molar-refractivity contribution in [1.82, 2.24) is 0 Å². The Morgan fingerprint density at radius 1 is 1.04 bits per heavy atom. The molecule has 5 nitrogen and oxygen atoms in total. The molecule has 1 aliphatic rings. The molecular formula is C19H15Cl2NO4. The van der Waals surface area contributed by atoms with Crippen molar-refractivity contribution in [2.45, 2.75) is 13.8 Å². The van der Waals surface area contributed by atoms with Crippen molar-refractivity contribution < 1.29 is 19.1 Å². The van der Waals surface area contributed by atoms with E-state index in [1.54, 1.807) is 6.07 Å². The zero-order valence-corrected chi connectivity index (χ0v) is 15.6. The average Bonchev–Trinajstić information content (AvgIpc) is 2.84. The Bertz CT molecular complexity index is 924. The van der Waals surface area contributed by atoms with Crippen molar-refractivity contribution in [3.8, 4) is 0 Å². The largest absolute Gasteiger partial charge is 0.462 e. The predicted octanol–water partition coefficient (Wildman–Crippen LogP) is 4.61. The van der Waals surface area contributed by atoms with Crippen molar-refractivity contribution in [1.29, 1.82) is 0 Å². The summed E-state index contributed by atoms with van der Waals surface area (Å²) in [6.07, 6.45) is 0. The van der Waals surface area contributed by atoms with E-state index in [1.807, 2.05) is 13.8 Å². The molecule has 0 atom stereocenters. The second kappa shape index (κ2) is 7.09. The third kappa shape index (κ3) is 3.32. The molecule has 0 fully saturated rings. The van der Waals surface area contributed by atoms with Crippen LogP contribution in [0.4, 0.5) is 5.69 Å². The fraction of sp³-hybridized carbons (Fsp3) is 0.211. The van der Waals surface area contributed by atoms with Gasteiger partial charge in [0.1, 0.15) is 0 Å². The lowest BCUT2D eigenvalue weighted by atomic mass is 10.1. The summed E-state index contributed by atoms with van der Waals surface area (Å²) in [6, 6.07) is 8.80. The fourth-order valence-corrected chi connectivity index (χ4v) is 3.07. The molecule has 0 unspecified atom stereocenters. The topological polar surface area (TPSA) is 63.7 Å². The van der Waals surface area contributed by atoms with Crippen molar-refractivity contribution in [2.75, 3.05) is 11.5 Å². The van der Waals surface area contributed by atoms with Gasteiger partial charge in [-0.15, -0.1) is 0 Å². The molecule has 0 bridgehead atoms. The number of benzene rings is 2. The van der Waals surface area contributed by atoms with Gasteiger partial charge in [0.05, 0.1) is 34.0 Å². The van der Waals surface area contributed by atoms with E-state index in [0.717, 1.165) is 4.90 Å². The zero-order chi connectivity index (χ0) is 19.0. The summed E-state index contributed by atoms with van der Waals surface area (Å²) < 4.78 is 5.17. The Hall–Kier alpha value is -2.37. The Kier molecular flexibility index (Phi) is 5.03.